The van der Waals surface area contributed by atoms with Gasteiger partial charge in [-0.3, -0.25) is 9.20 Å². The van der Waals surface area contributed by atoms with Gasteiger partial charge >= 0.3 is 0 Å². The zero-order valence-electron chi connectivity index (χ0n) is 11.4. The highest BCUT2D eigenvalue weighted by Gasteiger charge is 2.09. The predicted octanol–water partition coefficient (Wildman–Crippen LogP) is 3.19. The highest BCUT2D eigenvalue weighted by atomic mass is 32.1. The summed E-state index contributed by atoms with van der Waals surface area (Å²) < 4.78 is 1.93. The van der Waals surface area contributed by atoms with E-state index in [0.717, 1.165) is 27.5 Å². The van der Waals surface area contributed by atoms with Crippen molar-refractivity contribution in [1.82, 2.24) is 9.38 Å². The van der Waals surface area contributed by atoms with Crippen LogP contribution in [0.15, 0.2) is 36.0 Å². The number of rotatable bonds is 3. The fourth-order valence-electron chi connectivity index (χ4n) is 2.28. The van der Waals surface area contributed by atoms with Gasteiger partial charge in [-0.25, -0.2) is 4.98 Å². The number of carbonyl (C=O) groups excluding carboxylic acids is 1. The van der Waals surface area contributed by atoms with E-state index in [4.69, 9.17) is 0 Å². The number of nitrogens with one attached hydrogen (secondary N) is 1. The second-order valence-electron chi connectivity index (χ2n) is 4.93. The maximum atomic E-state index is 12.0. The van der Waals surface area contributed by atoms with E-state index in [-0.39, 0.29) is 5.91 Å². The van der Waals surface area contributed by atoms with Crippen LogP contribution in [0.5, 0.6) is 0 Å². The number of hydrogen-bond donors (Lipinski definition) is 1. The number of anilines is 1. The topological polar surface area (TPSA) is 46.4 Å². The number of carbonyl (C=O) groups is 1. The lowest BCUT2D eigenvalue weighted by atomic mass is 10.1. The van der Waals surface area contributed by atoms with Gasteiger partial charge in [0.25, 0.3) is 0 Å². The standard InChI is InChI=1S/C15H15N3OS/c1-10-5-11(2)7-12(6-10)16-14(19)8-13-9-18-3-4-20-15(18)17-13/h3-7,9H,8H2,1-2H3,(H,16,19). The van der Waals surface area contributed by atoms with Crippen LogP contribution in [0, 0.1) is 13.8 Å². The molecule has 0 radical (unpaired) electrons. The van der Waals surface area contributed by atoms with Crippen molar-refractivity contribution in [2.45, 2.75) is 20.3 Å². The molecule has 1 amide bonds. The molecule has 0 atom stereocenters. The molecule has 0 aliphatic carbocycles. The molecule has 4 nitrogen and oxygen atoms in total. The van der Waals surface area contributed by atoms with Crippen LogP contribution in [-0.4, -0.2) is 15.3 Å². The largest absolute Gasteiger partial charge is 0.326 e. The minimum absolute atomic E-state index is 0.0410. The van der Waals surface area contributed by atoms with Crippen molar-refractivity contribution in [3.63, 3.8) is 0 Å². The van der Waals surface area contributed by atoms with E-state index < -0.39 is 0 Å². The predicted molar refractivity (Wildman–Crippen MR) is 81.3 cm³/mol. The molecule has 0 aliphatic heterocycles. The SMILES string of the molecule is Cc1cc(C)cc(NC(=O)Cc2cn3ccsc3n2)c1. The number of aromatic nitrogens is 2. The second kappa shape index (κ2) is 5.09. The average Bonchev–Trinajstić information content (AvgIpc) is 2.87. The molecule has 5 heteroatoms. The summed E-state index contributed by atoms with van der Waals surface area (Å²) in [5.41, 5.74) is 3.91. The minimum atomic E-state index is -0.0410. The number of fused-ring (bicyclic) bond motifs is 1. The molecule has 20 heavy (non-hydrogen) atoms. The molecular weight excluding hydrogens is 270 g/mol. The van der Waals surface area contributed by atoms with Gasteiger partial charge in [0.2, 0.25) is 5.91 Å². The van der Waals surface area contributed by atoms with Gasteiger partial charge in [-0.2, -0.15) is 0 Å². The fraction of sp³-hybridized carbons (Fsp3) is 0.200. The Labute approximate surface area is 121 Å². The Bertz CT molecular complexity index is 724. The van der Waals surface area contributed by atoms with Crippen molar-refractivity contribution >= 4 is 27.9 Å². The summed E-state index contributed by atoms with van der Waals surface area (Å²) in [4.78, 5) is 17.4. The maximum absolute atomic E-state index is 12.0. The summed E-state index contributed by atoms with van der Waals surface area (Å²) >= 11 is 1.56. The van der Waals surface area contributed by atoms with Gasteiger partial charge < -0.3 is 5.32 Å². The summed E-state index contributed by atoms with van der Waals surface area (Å²) in [5, 5.41) is 4.90. The third kappa shape index (κ3) is 2.72. The van der Waals surface area contributed by atoms with Gasteiger partial charge in [0.15, 0.2) is 4.96 Å². The first-order valence-corrected chi connectivity index (χ1v) is 7.27. The molecule has 0 fully saturated rings. The van der Waals surface area contributed by atoms with Crippen LogP contribution in [-0.2, 0) is 11.2 Å². The van der Waals surface area contributed by atoms with E-state index in [1.807, 2.05) is 48.2 Å². The molecule has 2 heterocycles. The van der Waals surface area contributed by atoms with Crippen LogP contribution in [0.4, 0.5) is 5.69 Å². The van der Waals surface area contributed by atoms with Gasteiger partial charge in [0.1, 0.15) is 0 Å². The smallest absolute Gasteiger partial charge is 0.230 e. The van der Waals surface area contributed by atoms with Crippen LogP contribution < -0.4 is 5.32 Å². The van der Waals surface area contributed by atoms with E-state index in [9.17, 15) is 4.79 Å². The first kappa shape index (κ1) is 12.9. The number of benzene rings is 1. The first-order chi connectivity index (χ1) is 9.60. The first-order valence-electron chi connectivity index (χ1n) is 6.39. The van der Waals surface area contributed by atoms with Gasteiger partial charge in [0, 0.05) is 23.5 Å². The molecule has 0 unspecified atom stereocenters. The monoisotopic (exact) mass is 285 g/mol. The van der Waals surface area contributed by atoms with Crippen molar-refractivity contribution in [1.29, 1.82) is 0 Å². The van der Waals surface area contributed by atoms with Gasteiger partial charge in [-0.15, -0.1) is 11.3 Å². The summed E-state index contributed by atoms with van der Waals surface area (Å²) in [6.45, 7) is 4.04. The molecule has 0 aliphatic rings. The zero-order valence-corrected chi connectivity index (χ0v) is 12.2. The van der Waals surface area contributed by atoms with Crippen LogP contribution in [0.2, 0.25) is 0 Å². The molecule has 0 saturated carbocycles. The zero-order chi connectivity index (χ0) is 14.1. The maximum Gasteiger partial charge on any atom is 0.230 e. The van der Waals surface area contributed by atoms with Crippen molar-refractivity contribution in [3.8, 4) is 0 Å². The molecule has 0 spiro atoms. The number of aryl methyl sites for hydroxylation is 2. The van der Waals surface area contributed by atoms with Gasteiger partial charge in [-0.1, -0.05) is 6.07 Å². The Morgan fingerprint density at radius 1 is 1.30 bits per heavy atom. The fourth-order valence-corrected chi connectivity index (χ4v) is 3.00. The lowest BCUT2D eigenvalue weighted by molar-refractivity contribution is -0.115. The summed E-state index contributed by atoms with van der Waals surface area (Å²) in [5.74, 6) is -0.0410. The van der Waals surface area contributed by atoms with Crippen molar-refractivity contribution < 1.29 is 4.79 Å². The Morgan fingerprint density at radius 3 is 2.75 bits per heavy atom. The highest BCUT2D eigenvalue weighted by molar-refractivity contribution is 7.15. The van der Waals surface area contributed by atoms with Crippen molar-refractivity contribution in [3.05, 3.63) is 52.8 Å². The van der Waals surface area contributed by atoms with Gasteiger partial charge in [0.05, 0.1) is 12.1 Å². The average molecular weight is 285 g/mol. The van der Waals surface area contributed by atoms with Crippen LogP contribution in [0.3, 0.4) is 0 Å². The molecule has 2 aromatic heterocycles. The summed E-state index contributed by atoms with van der Waals surface area (Å²) in [6.07, 6.45) is 4.13. The normalized spacial score (nSPS) is 10.9. The van der Waals surface area contributed by atoms with Crippen molar-refractivity contribution in [2.75, 3.05) is 5.32 Å². The third-order valence-corrected chi connectivity index (χ3v) is 3.76. The Morgan fingerprint density at radius 2 is 2.05 bits per heavy atom. The van der Waals surface area contributed by atoms with Crippen molar-refractivity contribution in [2.24, 2.45) is 0 Å². The Kier molecular flexibility index (Phi) is 3.28. The number of thiazole rings is 1. The number of imidazole rings is 1. The van der Waals surface area contributed by atoms with E-state index in [0.29, 0.717) is 6.42 Å². The second-order valence-corrected chi connectivity index (χ2v) is 5.80. The molecule has 3 rings (SSSR count). The van der Waals surface area contributed by atoms with E-state index >= 15 is 0 Å². The van der Waals surface area contributed by atoms with Crippen LogP contribution in [0.1, 0.15) is 16.8 Å². The Balaban J connectivity index is 1.71. The summed E-state index contributed by atoms with van der Waals surface area (Å²) in [7, 11) is 0. The molecule has 0 bridgehead atoms. The highest BCUT2D eigenvalue weighted by Crippen LogP contribution is 2.15. The van der Waals surface area contributed by atoms with Crippen LogP contribution in [0.25, 0.3) is 4.96 Å². The molecule has 3 aromatic rings. The summed E-state index contributed by atoms with van der Waals surface area (Å²) in [6, 6.07) is 6.02. The molecule has 0 saturated heterocycles. The van der Waals surface area contributed by atoms with Gasteiger partial charge in [-0.05, 0) is 37.1 Å². The minimum Gasteiger partial charge on any atom is -0.326 e. The lowest BCUT2D eigenvalue weighted by Gasteiger charge is -2.06. The Hall–Kier alpha value is -2.14. The van der Waals surface area contributed by atoms with E-state index in [1.54, 1.807) is 11.3 Å². The van der Waals surface area contributed by atoms with Crippen LogP contribution >= 0.6 is 11.3 Å². The lowest BCUT2D eigenvalue weighted by Crippen LogP contribution is -2.14. The molecule has 1 N–H and O–H groups in total. The molecule has 102 valence electrons. The number of amides is 1. The molecular formula is C15H15N3OS. The van der Waals surface area contributed by atoms with E-state index in [2.05, 4.69) is 16.4 Å². The quantitative estimate of drug-likeness (QED) is 0.803. The third-order valence-electron chi connectivity index (χ3n) is 2.99. The number of nitrogens with zero attached hydrogens (tertiary/aromatic N) is 2. The molecule has 1 aromatic carbocycles. The van der Waals surface area contributed by atoms with E-state index in [1.165, 1.54) is 0 Å². The number of hydrogen-bond acceptors (Lipinski definition) is 3.